The Morgan fingerprint density at radius 1 is 1.23 bits per heavy atom. The topological polar surface area (TPSA) is 76.4 Å². The fraction of sp³-hybridized carbons (Fsp3) is 0.435. The summed E-state index contributed by atoms with van der Waals surface area (Å²) in [7, 11) is 0. The van der Waals surface area contributed by atoms with Gasteiger partial charge in [-0.3, -0.25) is 4.79 Å². The molecule has 0 aromatic heterocycles. The minimum atomic E-state index is -4.43. The van der Waals surface area contributed by atoms with E-state index in [-0.39, 0.29) is 30.5 Å². The van der Waals surface area contributed by atoms with E-state index in [2.05, 4.69) is 10.6 Å². The van der Waals surface area contributed by atoms with E-state index in [1.54, 1.807) is 6.92 Å². The number of amides is 1. The molecule has 166 valence electrons. The van der Waals surface area contributed by atoms with E-state index in [9.17, 15) is 18.0 Å². The molecule has 0 unspecified atom stereocenters. The summed E-state index contributed by atoms with van der Waals surface area (Å²) in [5.74, 6) is -0.309. The summed E-state index contributed by atoms with van der Waals surface area (Å²) >= 11 is 0. The van der Waals surface area contributed by atoms with Crippen LogP contribution in [-0.2, 0) is 15.7 Å². The zero-order valence-electron chi connectivity index (χ0n) is 17.2. The van der Waals surface area contributed by atoms with Crippen LogP contribution < -0.4 is 16.4 Å². The van der Waals surface area contributed by atoms with Crippen molar-refractivity contribution in [2.45, 2.75) is 50.2 Å². The van der Waals surface area contributed by atoms with Gasteiger partial charge in [-0.1, -0.05) is 30.3 Å². The van der Waals surface area contributed by atoms with E-state index in [1.807, 2.05) is 30.3 Å². The summed E-state index contributed by atoms with van der Waals surface area (Å²) in [4.78, 5) is 11.8. The summed E-state index contributed by atoms with van der Waals surface area (Å²) < 4.78 is 46.4. The number of hydrogen-bond acceptors (Lipinski definition) is 4. The van der Waals surface area contributed by atoms with E-state index in [0.29, 0.717) is 17.7 Å². The van der Waals surface area contributed by atoms with Gasteiger partial charge in [0.15, 0.2) is 0 Å². The van der Waals surface area contributed by atoms with Crippen LogP contribution in [0.5, 0.6) is 0 Å². The second kappa shape index (κ2) is 8.51. The van der Waals surface area contributed by atoms with Crippen LogP contribution in [0.3, 0.4) is 0 Å². The average Bonchev–Trinajstić information content (AvgIpc) is 2.76. The molecule has 0 aliphatic carbocycles. The van der Waals surface area contributed by atoms with E-state index in [1.165, 1.54) is 12.1 Å². The minimum absolute atomic E-state index is 0.0289. The molecular formula is C23H26F3N3O2. The van der Waals surface area contributed by atoms with Crippen molar-refractivity contribution in [3.8, 4) is 0 Å². The van der Waals surface area contributed by atoms with Crippen molar-refractivity contribution in [2.24, 2.45) is 11.7 Å². The summed E-state index contributed by atoms with van der Waals surface area (Å²) in [5, 5.41) is 6.20. The maximum atomic E-state index is 13.4. The highest BCUT2D eigenvalue weighted by molar-refractivity contribution is 5.80. The largest absolute Gasteiger partial charge is 0.416 e. The maximum absolute atomic E-state index is 13.4. The first-order valence-electron chi connectivity index (χ1n) is 10.5. The fourth-order valence-electron chi connectivity index (χ4n) is 4.45. The van der Waals surface area contributed by atoms with Crippen LogP contribution in [0.25, 0.3) is 0 Å². The smallest absolute Gasteiger partial charge is 0.378 e. The van der Waals surface area contributed by atoms with E-state index < -0.39 is 23.9 Å². The lowest BCUT2D eigenvalue weighted by molar-refractivity contribution is -0.138. The van der Waals surface area contributed by atoms with E-state index in [0.717, 1.165) is 18.1 Å². The lowest BCUT2D eigenvalue weighted by atomic mass is 9.76. The van der Waals surface area contributed by atoms with Gasteiger partial charge in [0.1, 0.15) is 0 Å². The Kier molecular flexibility index (Phi) is 5.94. The number of carbonyl (C=O) groups excluding carboxylic acids is 1. The van der Waals surface area contributed by atoms with Crippen molar-refractivity contribution < 1.29 is 22.7 Å². The van der Waals surface area contributed by atoms with Crippen molar-refractivity contribution in [1.29, 1.82) is 0 Å². The highest BCUT2D eigenvalue weighted by Crippen LogP contribution is 2.51. The summed E-state index contributed by atoms with van der Waals surface area (Å²) in [6.07, 6.45) is -3.78. The monoisotopic (exact) mass is 433 g/mol. The predicted octanol–water partition coefficient (Wildman–Crippen LogP) is 4.17. The average molecular weight is 433 g/mol. The Morgan fingerprint density at radius 3 is 2.65 bits per heavy atom. The second-order valence-electron chi connectivity index (χ2n) is 8.29. The van der Waals surface area contributed by atoms with Gasteiger partial charge in [0, 0.05) is 23.7 Å². The molecule has 1 fully saturated rings. The Bertz CT molecular complexity index is 933. The normalized spacial score (nSPS) is 26.2. The number of fused-ring (bicyclic) bond motifs is 3. The standard InChI is InChI=1S/C23H26F3N3O2/c1-13(27)22(30)28-12-16-8-9-17-20(14-5-3-2-4-6-14)29-19-10-7-15(23(24,25)26)11-18(19)21(17)31-16/h2-7,10-11,13,16-17,20-21,29H,8-9,12,27H2,1H3,(H,28,30)/t13-,16+,17-,20-,21-/m0/s1. The Balaban J connectivity index is 1.64. The van der Waals surface area contributed by atoms with Crippen molar-refractivity contribution in [3.63, 3.8) is 0 Å². The number of halogens is 3. The molecule has 2 heterocycles. The van der Waals surface area contributed by atoms with Gasteiger partial charge in [0.2, 0.25) is 5.91 Å². The molecular weight excluding hydrogens is 407 g/mol. The summed E-state index contributed by atoms with van der Waals surface area (Å²) in [6.45, 7) is 1.88. The highest BCUT2D eigenvalue weighted by Gasteiger charge is 2.43. The quantitative estimate of drug-likeness (QED) is 0.677. The maximum Gasteiger partial charge on any atom is 0.416 e. The van der Waals surface area contributed by atoms with Gasteiger partial charge in [0.05, 0.1) is 29.9 Å². The van der Waals surface area contributed by atoms with Gasteiger partial charge in [0.25, 0.3) is 0 Å². The van der Waals surface area contributed by atoms with E-state index >= 15 is 0 Å². The van der Waals surface area contributed by atoms with Crippen molar-refractivity contribution >= 4 is 11.6 Å². The molecule has 4 rings (SSSR count). The number of carbonyl (C=O) groups is 1. The molecule has 1 amide bonds. The zero-order chi connectivity index (χ0) is 22.2. The third-order valence-corrected chi connectivity index (χ3v) is 6.05. The molecule has 2 aromatic rings. The van der Waals surface area contributed by atoms with Gasteiger partial charge in [-0.25, -0.2) is 0 Å². The van der Waals surface area contributed by atoms with E-state index in [4.69, 9.17) is 10.5 Å². The molecule has 0 bridgehead atoms. The molecule has 31 heavy (non-hydrogen) atoms. The van der Waals surface area contributed by atoms with Crippen LogP contribution >= 0.6 is 0 Å². The summed E-state index contributed by atoms with van der Waals surface area (Å²) in [6, 6.07) is 12.9. The third-order valence-electron chi connectivity index (χ3n) is 6.05. The van der Waals surface area contributed by atoms with Gasteiger partial charge in [-0.2, -0.15) is 13.2 Å². The lowest BCUT2D eigenvalue weighted by Crippen LogP contribution is -2.46. The molecule has 0 radical (unpaired) electrons. The molecule has 0 saturated carbocycles. The molecule has 5 atom stereocenters. The highest BCUT2D eigenvalue weighted by atomic mass is 19.4. The van der Waals surface area contributed by atoms with Gasteiger partial charge in [-0.05, 0) is 43.5 Å². The zero-order valence-corrected chi connectivity index (χ0v) is 17.2. The molecule has 8 heteroatoms. The first-order valence-corrected chi connectivity index (χ1v) is 10.5. The first-order chi connectivity index (χ1) is 14.7. The van der Waals surface area contributed by atoms with Gasteiger partial charge >= 0.3 is 6.18 Å². The predicted molar refractivity (Wildman–Crippen MR) is 111 cm³/mol. The first kappa shape index (κ1) is 21.6. The van der Waals surface area contributed by atoms with Crippen molar-refractivity contribution in [3.05, 3.63) is 65.2 Å². The molecule has 0 spiro atoms. The molecule has 1 saturated heterocycles. The molecule has 2 aliphatic heterocycles. The van der Waals surface area contributed by atoms with Gasteiger partial charge in [-0.15, -0.1) is 0 Å². The van der Waals surface area contributed by atoms with Gasteiger partial charge < -0.3 is 21.1 Å². The van der Waals surface area contributed by atoms with Crippen LogP contribution in [0.2, 0.25) is 0 Å². The van der Waals surface area contributed by atoms with Crippen molar-refractivity contribution in [2.75, 3.05) is 11.9 Å². The number of hydrogen-bond donors (Lipinski definition) is 3. The number of nitrogens with one attached hydrogen (secondary N) is 2. The second-order valence-corrected chi connectivity index (χ2v) is 8.29. The van der Waals surface area contributed by atoms with Crippen LogP contribution in [0.1, 0.15) is 48.6 Å². The van der Waals surface area contributed by atoms with Crippen LogP contribution in [0.4, 0.5) is 18.9 Å². The number of nitrogens with two attached hydrogens (primary N) is 1. The molecule has 2 aromatic carbocycles. The SMILES string of the molecule is C[C@H](N)C(=O)NC[C@H]1CC[C@@H]2[C@H](O1)c1cc(C(F)(F)F)ccc1N[C@H]2c1ccccc1. The fourth-order valence-corrected chi connectivity index (χ4v) is 4.45. The lowest BCUT2D eigenvalue weighted by Gasteiger charge is -2.46. The Labute approximate surface area is 179 Å². The van der Waals surface area contributed by atoms with Crippen LogP contribution in [-0.4, -0.2) is 24.6 Å². The number of benzene rings is 2. The molecule has 2 aliphatic rings. The molecule has 4 N–H and O–H groups in total. The molecule has 5 nitrogen and oxygen atoms in total. The minimum Gasteiger partial charge on any atom is -0.378 e. The number of ether oxygens (including phenoxy) is 1. The van der Waals surface area contributed by atoms with Crippen molar-refractivity contribution in [1.82, 2.24) is 5.32 Å². The van der Waals surface area contributed by atoms with Crippen LogP contribution in [0, 0.1) is 5.92 Å². The Hall–Kier alpha value is -2.58. The summed E-state index contributed by atoms with van der Waals surface area (Å²) in [5.41, 5.74) is 7.12. The third kappa shape index (κ3) is 4.55. The number of alkyl halides is 3. The number of rotatable bonds is 4. The number of anilines is 1. The van der Waals surface area contributed by atoms with Crippen LogP contribution in [0.15, 0.2) is 48.5 Å². The Morgan fingerprint density at radius 2 is 1.97 bits per heavy atom.